The summed E-state index contributed by atoms with van der Waals surface area (Å²) in [5.74, 6) is 0.948. The van der Waals surface area contributed by atoms with E-state index in [0.29, 0.717) is 0 Å². The molecule has 1 aliphatic rings. The lowest BCUT2D eigenvalue weighted by Crippen LogP contribution is -2.46. The van der Waals surface area contributed by atoms with Gasteiger partial charge in [0.25, 0.3) is 0 Å². The summed E-state index contributed by atoms with van der Waals surface area (Å²) in [6.07, 6.45) is 0. The molecule has 1 aromatic heterocycles. The molecule has 28 heavy (non-hydrogen) atoms. The molecular weight excluding hydrogens is 344 g/mol. The Kier molecular flexibility index (Phi) is 4.55. The first-order valence-electron chi connectivity index (χ1n) is 9.92. The number of aromatic nitrogens is 2. The maximum absolute atomic E-state index is 4.82. The molecule has 1 aliphatic heterocycles. The summed E-state index contributed by atoms with van der Waals surface area (Å²) in [4.78, 5) is 13.3. The SMILES string of the molecule is c1ccc(CN2CCN(c3ccccc3-c3nc4ccccc4[nH]3)CC2)cc1. The van der Waals surface area contributed by atoms with Crippen molar-refractivity contribution in [3.05, 3.63) is 84.4 Å². The zero-order valence-electron chi connectivity index (χ0n) is 15.9. The van der Waals surface area contributed by atoms with Crippen LogP contribution in [0.4, 0.5) is 5.69 Å². The zero-order valence-corrected chi connectivity index (χ0v) is 15.9. The molecule has 2 heterocycles. The second-order valence-electron chi connectivity index (χ2n) is 7.37. The van der Waals surface area contributed by atoms with E-state index in [1.54, 1.807) is 0 Å². The molecular formula is C24H24N4. The van der Waals surface area contributed by atoms with Crippen LogP contribution in [-0.4, -0.2) is 41.0 Å². The molecule has 0 aliphatic carbocycles. The third kappa shape index (κ3) is 3.39. The third-order valence-electron chi connectivity index (χ3n) is 5.51. The van der Waals surface area contributed by atoms with Gasteiger partial charge in [-0.05, 0) is 29.8 Å². The van der Waals surface area contributed by atoms with Gasteiger partial charge in [-0.1, -0.05) is 54.6 Å². The molecule has 0 saturated carbocycles. The van der Waals surface area contributed by atoms with Crippen LogP contribution in [-0.2, 0) is 6.54 Å². The largest absolute Gasteiger partial charge is 0.368 e. The number of fused-ring (bicyclic) bond motifs is 1. The number of imidazole rings is 1. The fourth-order valence-electron chi connectivity index (χ4n) is 4.02. The van der Waals surface area contributed by atoms with Gasteiger partial charge in [0.15, 0.2) is 0 Å². The first kappa shape index (κ1) is 17.0. The fourth-order valence-corrected chi connectivity index (χ4v) is 4.02. The Morgan fingerprint density at radius 1 is 0.750 bits per heavy atom. The number of nitrogens with one attached hydrogen (secondary N) is 1. The van der Waals surface area contributed by atoms with E-state index in [9.17, 15) is 0 Å². The number of hydrogen-bond acceptors (Lipinski definition) is 3. The summed E-state index contributed by atoms with van der Waals surface area (Å²) in [5.41, 5.74) is 5.93. The summed E-state index contributed by atoms with van der Waals surface area (Å²) >= 11 is 0. The highest BCUT2D eigenvalue weighted by molar-refractivity contribution is 5.83. The van der Waals surface area contributed by atoms with E-state index in [1.807, 2.05) is 12.1 Å². The maximum Gasteiger partial charge on any atom is 0.140 e. The number of para-hydroxylation sites is 3. The highest BCUT2D eigenvalue weighted by Gasteiger charge is 2.20. The number of rotatable bonds is 4. The van der Waals surface area contributed by atoms with E-state index in [2.05, 4.69) is 81.5 Å². The van der Waals surface area contributed by atoms with Gasteiger partial charge in [0.05, 0.1) is 11.0 Å². The predicted molar refractivity (Wildman–Crippen MR) is 115 cm³/mol. The normalized spacial score (nSPS) is 15.2. The van der Waals surface area contributed by atoms with Gasteiger partial charge in [-0.2, -0.15) is 0 Å². The smallest absolute Gasteiger partial charge is 0.140 e. The van der Waals surface area contributed by atoms with Crippen molar-refractivity contribution >= 4 is 16.7 Å². The van der Waals surface area contributed by atoms with E-state index in [1.165, 1.54) is 16.8 Å². The summed E-state index contributed by atoms with van der Waals surface area (Å²) in [7, 11) is 0. The van der Waals surface area contributed by atoms with Crippen LogP contribution in [0.5, 0.6) is 0 Å². The quantitative estimate of drug-likeness (QED) is 0.574. The Labute approximate surface area is 165 Å². The van der Waals surface area contributed by atoms with Crippen molar-refractivity contribution in [2.75, 3.05) is 31.1 Å². The molecule has 4 aromatic rings. The van der Waals surface area contributed by atoms with Gasteiger partial charge in [-0.15, -0.1) is 0 Å². The highest BCUT2D eigenvalue weighted by Crippen LogP contribution is 2.31. The van der Waals surface area contributed by atoms with Crippen molar-refractivity contribution in [1.82, 2.24) is 14.9 Å². The van der Waals surface area contributed by atoms with Gasteiger partial charge in [0.1, 0.15) is 5.82 Å². The number of anilines is 1. The van der Waals surface area contributed by atoms with Crippen LogP contribution in [0.15, 0.2) is 78.9 Å². The number of piperazine rings is 1. The Hall–Kier alpha value is -3.11. The summed E-state index contributed by atoms with van der Waals surface area (Å²) in [6.45, 7) is 5.24. The van der Waals surface area contributed by atoms with Crippen LogP contribution >= 0.6 is 0 Å². The first-order chi connectivity index (χ1) is 13.9. The predicted octanol–water partition coefficient (Wildman–Crippen LogP) is 4.55. The number of benzene rings is 3. The van der Waals surface area contributed by atoms with Gasteiger partial charge < -0.3 is 9.88 Å². The van der Waals surface area contributed by atoms with E-state index in [0.717, 1.165) is 49.6 Å². The van der Waals surface area contributed by atoms with Crippen molar-refractivity contribution in [2.24, 2.45) is 0 Å². The Balaban J connectivity index is 1.35. The topological polar surface area (TPSA) is 35.2 Å². The van der Waals surface area contributed by atoms with Crippen LogP contribution in [0.25, 0.3) is 22.4 Å². The number of nitrogens with zero attached hydrogens (tertiary/aromatic N) is 3. The lowest BCUT2D eigenvalue weighted by molar-refractivity contribution is 0.250. The molecule has 3 aromatic carbocycles. The average Bonchev–Trinajstić information content (AvgIpc) is 3.19. The number of aromatic amines is 1. The molecule has 4 nitrogen and oxygen atoms in total. The molecule has 0 spiro atoms. The van der Waals surface area contributed by atoms with Crippen LogP contribution in [0.1, 0.15) is 5.56 Å². The van der Waals surface area contributed by atoms with Crippen molar-refractivity contribution in [2.45, 2.75) is 6.54 Å². The van der Waals surface area contributed by atoms with E-state index >= 15 is 0 Å². The monoisotopic (exact) mass is 368 g/mol. The summed E-state index contributed by atoms with van der Waals surface area (Å²) in [6, 6.07) is 27.6. The third-order valence-corrected chi connectivity index (χ3v) is 5.51. The maximum atomic E-state index is 4.82. The molecule has 1 fully saturated rings. The van der Waals surface area contributed by atoms with Crippen LogP contribution in [0, 0.1) is 0 Å². The average molecular weight is 368 g/mol. The lowest BCUT2D eigenvalue weighted by atomic mass is 10.1. The Morgan fingerprint density at radius 3 is 2.29 bits per heavy atom. The van der Waals surface area contributed by atoms with Gasteiger partial charge >= 0.3 is 0 Å². The van der Waals surface area contributed by atoms with Crippen LogP contribution in [0.3, 0.4) is 0 Å². The summed E-state index contributed by atoms with van der Waals surface area (Å²) < 4.78 is 0. The van der Waals surface area contributed by atoms with E-state index < -0.39 is 0 Å². The second kappa shape index (κ2) is 7.49. The summed E-state index contributed by atoms with van der Waals surface area (Å²) in [5, 5.41) is 0. The molecule has 1 saturated heterocycles. The minimum atomic E-state index is 0.948. The minimum Gasteiger partial charge on any atom is -0.368 e. The minimum absolute atomic E-state index is 0.948. The molecule has 5 rings (SSSR count). The van der Waals surface area contributed by atoms with Crippen molar-refractivity contribution in [1.29, 1.82) is 0 Å². The van der Waals surface area contributed by atoms with Crippen molar-refractivity contribution in [3.8, 4) is 11.4 Å². The number of hydrogen-bond donors (Lipinski definition) is 1. The Bertz CT molecular complexity index is 1030. The highest BCUT2D eigenvalue weighted by atomic mass is 15.3. The van der Waals surface area contributed by atoms with Crippen LogP contribution < -0.4 is 4.90 Å². The van der Waals surface area contributed by atoms with Gasteiger partial charge in [-0.3, -0.25) is 4.90 Å². The van der Waals surface area contributed by atoms with Gasteiger partial charge in [-0.25, -0.2) is 4.98 Å². The van der Waals surface area contributed by atoms with Crippen molar-refractivity contribution in [3.63, 3.8) is 0 Å². The Morgan fingerprint density at radius 2 is 1.46 bits per heavy atom. The lowest BCUT2D eigenvalue weighted by Gasteiger charge is -2.36. The van der Waals surface area contributed by atoms with Gasteiger partial charge in [0, 0.05) is 44.0 Å². The molecule has 0 bridgehead atoms. The molecule has 1 N–H and O–H groups in total. The van der Waals surface area contributed by atoms with E-state index in [-0.39, 0.29) is 0 Å². The standard InChI is InChI=1S/C24H24N4/c1-2-8-19(9-3-1)18-27-14-16-28(17-15-27)23-13-7-4-10-20(23)24-25-21-11-5-6-12-22(21)26-24/h1-13H,14-18H2,(H,25,26). The van der Waals surface area contributed by atoms with E-state index in [4.69, 9.17) is 4.98 Å². The van der Waals surface area contributed by atoms with Crippen LogP contribution in [0.2, 0.25) is 0 Å². The fraction of sp³-hybridized carbons (Fsp3) is 0.208. The zero-order chi connectivity index (χ0) is 18.8. The van der Waals surface area contributed by atoms with Crippen molar-refractivity contribution < 1.29 is 0 Å². The molecule has 0 amide bonds. The molecule has 0 atom stereocenters. The molecule has 4 heteroatoms. The number of H-pyrrole nitrogens is 1. The van der Waals surface area contributed by atoms with Gasteiger partial charge in [0.2, 0.25) is 0 Å². The second-order valence-corrected chi connectivity index (χ2v) is 7.37. The molecule has 140 valence electrons. The molecule has 0 radical (unpaired) electrons. The first-order valence-corrected chi connectivity index (χ1v) is 9.92. The molecule has 0 unspecified atom stereocenters.